The Morgan fingerprint density at radius 1 is 1.25 bits per heavy atom. The van der Waals surface area contributed by atoms with Gasteiger partial charge >= 0.3 is 5.92 Å². The molecule has 6 nitrogen and oxygen atoms in total. The van der Waals surface area contributed by atoms with E-state index in [0.717, 1.165) is 17.0 Å². The monoisotopic (exact) mass is 463 g/mol. The number of hydrogen-bond acceptors (Lipinski definition) is 4. The predicted molar refractivity (Wildman–Crippen MR) is 111 cm³/mol. The van der Waals surface area contributed by atoms with Crippen molar-refractivity contribution in [2.24, 2.45) is 0 Å². The van der Waals surface area contributed by atoms with E-state index in [0.29, 0.717) is 5.56 Å². The van der Waals surface area contributed by atoms with Gasteiger partial charge in [-0.15, -0.1) is 0 Å². The number of nitrogens with zero attached hydrogens (tertiary/aromatic N) is 1. The molecule has 2 aliphatic heterocycles. The maximum atomic E-state index is 14.6. The molecule has 0 spiro atoms. The van der Waals surface area contributed by atoms with Crippen LogP contribution in [0.15, 0.2) is 42.5 Å². The fourth-order valence-electron chi connectivity index (χ4n) is 3.66. The number of ketones is 1. The van der Waals surface area contributed by atoms with Crippen LogP contribution in [0.4, 0.5) is 8.78 Å². The van der Waals surface area contributed by atoms with E-state index in [4.69, 9.17) is 15.8 Å². The summed E-state index contributed by atoms with van der Waals surface area (Å²) in [6.45, 7) is -0.194. The first-order valence-electron chi connectivity index (χ1n) is 11.3. The smallest absolute Gasteiger partial charge is 0.322 e. The lowest BCUT2D eigenvalue weighted by molar-refractivity contribution is -0.144. The number of rotatable bonds is 6. The maximum Gasteiger partial charge on any atom is 0.330 e. The molecule has 2 aromatic rings. The minimum absolute atomic E-state index is 0.0878. The van der Waals surface area contributed by atoms with E-state index < -0.39 is 53.8 Å². The molecule has 2 aliphatic rings. The highest BCUT2D eigenvalue weighted by Crippen LogP contribution is 2.32. The largest absolute Gasteiger partial charge is 0.330 e. The second-order valence-corrected chi connectivity index (χ2v) is 7.91. The summed E-state index contributed by atoms with van der Waals surface area (Å²) in [4.78, 5) is 50.2. The molecule has 1 fully saturated rings. The van der Waals surface area contributed by atoms with Gasteiger partial charge in [0.15, 0.2) is 1.41 Å². The Balaban J connectivity index is 1.52. The second-order valence-electron chi connectivity index (χ2n) is 7.48. The number of benzene rings is 2. The molecule has 1 saturated heterocycles. The van der Waals surface area contributed by atoms with Crippen LogP contribution in [0.3, 0.4) is 0 Å². The van der Waals surface area contributed by atoms with Crippen LogP contribution < -0.4 is 5.31 Å². The first-order valence-corrected chi connectivity index (χ1v) is 10.1. The number of halogens is 3. The Morgan fingerprint density at radius 3 is 2.69 bits per heavy atom. The van der Waals surface area contributed by atoms with Gasteiger partial charge in [-0.2, -0.15) is 8.78 Å². The van der Waals surface area contributed by atoms with Gasteiger partial charge in [0.2, 0.25) is 17.6 Å². The number of aryl methyl sites for hydroxylation is 1. The molecule has 166 valence electrons. The SMILES string of the molecule is [2H]C(CC(=O)C(F)(F)c1ccc(Cl)cc1)c1ccc2c(c1)CN(C1([2H])CCC(=O)N([2H])C1=O)C2=O. The van der Waals surface area contributed by atoms with Crippen molar-refractivity contribution in [1.82, 2.24) is 10.2 Å². The summed E-state index contributed by atoms with van der Waals surface area (Å²) in [6.07, 6.45) is -2.65. The number of amides is 3. The van der Waals surface area contributed by atoms with Crippen molar-refractivity contribution in [2.45, 2.75) is 44.1 Å². The number of imide groups is 1. The van der Waals surface area contributed by atoms with Crippen LogP contribution in [0.2, 0.25) is 6.43 Å². The minimum Gasteiger partial charge on any atom is -0.322 e. The molecular formula is C23H19ClF2N2O4. The summed E-state index contributed by atoms with van der Waals surface area (Å²) in [6, 6.07) is 6.58. The normalized spacial score (nSPS) is 23.5. The van der Waals surface area contributed by atoms with E-state index in [-0.39, 0.29) is 40.8 Å². The molecule has 9 heteroatoms. The Morgan fingerprint density at radius 2 is 1.97 bits per heavy atom. The van der Waals surface area contributed by atoms with Gasteiger partial charge in [0.1, 0.15) is 6.02 Å². The number of alkyl halides is 2. The van der Waals surface area contributed by atoms with Crippen LogP contribution in [0.1, 0.15) is 49.1 Å². The van der Waals surface area contributed by atoms with Gasteiger partial charge in [0, 0.05) is 36.9 Å². The molecule has 0 aromatic heterocycles. The molecule has 0 bridgehead atoms. The molecule has 3 amide bonds. The zero-order chi connectivity index (χ0) is 25.7. The Labute approximate surface area is 191 Å². The lowest BCUT2D eigenvalue weighted by atomic mass is 9.97. The number of carbonyl (C=O) groups excluding carboxylic acids is 4. The molecule has 2 heterocycles. The summed E-state index contributed by atoms with van der Waals surface area (Å²) in [5, 5.41) is 0.327. The number of carbonyl (C=O) groups is 4. The fraction of sp³-hybridized carbons (Fsp3) is 0.304. The van der Waals surface area contributed by atoms with Crippen molar-refractivity contribution in [2.75, 3.05) is 0 Å². The van der Waals surface area contributed by atoms with Crippen molar-refractivity contribution in [3.8, 4) is 0 Å². The number of nitrogens with one attached hydrogen (secondary N) is 1. The number of fused-ring (bicyclic) bond motifs is 1. The molecule has 0 saturated carbocycles. The van der Waals surface area contributed by atoms with Crippen molar-refractivity contribution in [1.29, 1.82) is 0 Å². The molecule has 32 heavy (non-hydrogen) atoms. The zero-order valence-corrected chi connectivity index (χ0v) is 17.4. The summed E-state index contributed by atoms with van der Waals surface area (Å²) >= 11 is 5.71. The second kappa shape index (κ2) is 8.43. The average molecular weight is 464 g/mol. The van der Waals surface area contributed by atoms with E-state index in [1.165, 1.54) is 30.3 Å². The maximum absolute atomic E-state index is 14.6. The van der Waals surface area contributed by atoms with E-state index >= 15 is 0 Å². The highest BCUT2D eigenvalue weighted by Gasteiger charge is 2.41. The highest BCUT2D eigenvalue weighted by atomic mass is 35.5. The van der Waals surface area contributed by atoms with Crippen molar-refractivity contribution >= 4 is 35.1 Å². The van der Waals surface area contributed by atoms with E-state index in [1.54, 1.807) is 0 Å². The van der Waals surface area contributed by atoms with E-state index in [2.05, 4.69) is 0 Å². The summed E-state index contributed by atoms with van der Waals surface area (Å²) in [5.41, 5.74) is 0.195. The third-order valence-corrected chi connectivity index (χ3v) is 5.64. The van der Waals surface area contributed by atoms with Crippen LogP contribution in [-0.2, 0) is 33.2 Å². The minimum atomic E-state index is -3.81. The standard InChI is InChI=1S/C23H19ClF2N2O4/c24-16-5-3-15(4-6-16)23(25,26)19(29)9-2-13-1-7-17-14(11-13)12-28(22(17)32)18-8-10-20(30)27-21(18)31/h1,3-7,11,18H,2,8-10,12H2,(H,27,30,31)/i2D,18D/hD. The third-order valence-electron chi connectivity index (χ3n) is 5.39. The summed E-state index contributed by atoms with van der Waals surface area (Å²) < 4.78 is 53.5. The quantitative estimate of drug-likeness (QED) is 0.665. The van der Waals surface area contributed by atoms with Crippen molar-refractivity contribution in [3.05, 3.63) is 69.7 Å². The molecule has 0 aliphatic carbocycles. The van der Waals surface area contributed by atoms with Gasteiger partial charge in [-0.25, -0.2) is 0 Å². The summed E-state index contributed by atoms with van der Waals surface area (Å²) in [7, 11) is 0. The molecule has 4 rings (SSSR count). The number of hydrogen-bond donors (Lipinski definition) is 1. The first kappa shape index (κ1) is 18.4. The van der Waals surface area contributed by atoms with Crippen LogP contribution in [0.5, 0.6) is 0 Å². The molecule has 2 unspecified atom stereocenters. The van der Waals surface area contributed by atoms with E-state index in [1.807, 2.05) is 0 Å². The van der Waals surface area contributed by atoms with Gasteiger partial charge in [-0.3, -0.25) is 24.5 Å². The first-order chi connectivity index (χ1) is 16.4. The van der Waals surface area contributed by atoms with Gasteiger partial charge in [-0.1, -0.05) is 35.9 Å². The lowest BCUT2D eigenvalue weighted by Gasteiger charge is -2.29. The Bertz CT molecular complexity index is 1240. The van der Waals surface area contributed by atoms with Crippen molar-refractivity contribution in [3.63, 3.8) is 0 Å². The molecule has 2 atom stereocenters. The third kappa shape index (κ3) is 4.14. The van der Waals surface area contributed by atoms with E-state index in [9.17, 15) is 28.0 Å². The average Bonchev–Trinajstić information content (AvgIpc) is 3.17. The topological polar surface area (TPSA) is 83.6 Å². The summed E-state index contributed by atoms with van der Waals surface area (Å²) in [5.74, 6) is -7.81. The van der Waals surface area contributed by atoms with Gasteiger partial charge in [0.25, 0.3) is 5.91 Å². The van der Waals surface area contributed by atoms with Gasteiger partial charge < -0.3 is 4.90 Å². The van der Waals surface area contributed by atoms with Gasteiger partial charge in [-0.05, 0) is 42.1 Å². The molecular weight excluding hydrogens is 442 g/mol. The van der Waals surface area contributed by atoms with Crippen molar-refractivity contribution < 1.29 is 32.1 Å². The lowest BCUT2D eigenvalue weighted by Crippen LogP contribution is -2.52. The van der Waals surface area contributed by atoms with Crippen LogP contribution in [0.25, 0.3) is 0 Å². The molecule has 2 aromatic carbocycles. The number of piperidine rings is 1. The molecule has 0 radical (unpaired) electrons. The highest BCUT2D eigenvalue weighted by molar-refractivity contribution is 6.30. The van der Waals surface area contributed by atoms with Gasteiger partial charge in [0.05, 0.1) is 1.37 Å². The fourth-order valence-corrected chi connectivity index (χ4v) is 3.79. The van der Waals surface area contributed by atoms with Crippen LogP contribution >= 0.6 is 11.6 Å². The Hall–Kier alpha value is -3.13. The molecule has 1 N–H and O–H groups in total. The Kier molecular flexibility index (Phi) is 4.86. The number of Topliss-reactive ketones (excluding diaryl/α,β-unsaturated/α-hetero) is 1. The predicted octanol–water partition coefficient (Wildman–Crippen LogP) is 3.39. The van der Waals surface area contributed by atoms with Crippen LogP contribution in [-0.4, -0.2) is 34.4 Å². The zero-order valence-electron chi connectivity index (χ0n) is 19.6. The van der Waals surface area contributed by atoms with Crippen LogP contribution in [0, 0.1) is 0 Å².